The number of Topliss-reactive ketones (excluding diaryl/α,β-unsaturated/α-hetero) is 1. The number of amides is 1. The van der Waals surface area contributed by atoms with Crippen LogP contribution in [0, 0.1) is 16.2 Å². The van der Waals surface area contributed by atoms with Crippen molar-refractivity contribution in [3.05, 3.63) is 29.8 Å². The highest BCUT2D eigenvalue weighted by Crippen LogP contribution is 2.71. The molecule has 122 valence electrons. The lowest BCUT2D eigenvalue weighted by molar-refractivity contribution is -0.134. The Morgan fingerprint density at radius 2 is 1.87 bits per heavy atom. The maximum absolute atomic E-state index is 13.6. The van der Waals surface area contributed by atoms with Gasteiger partial charge in [-0.3, -0.25) is 9.59 Å². The van der Waals surface area contributed by atoms with Gasteiger partial charge in [0, 0.05) is 24.1 Å². The SMILES string of the molecule is CC1(C)[C@@]2(C(=O)N3CCCc4ccccc43)CC[C@@]1(C)C(=O)C2. The minimum Gasteiger partial charge on any atom is -0.312 e. The summed E-state index contributed by atoms with van der Waals surface area (Å²) in [5.41, 5.74) is 1.20. The van der Waals surface area contributed by atoms with Crippen LogP contribution in [-0.4, -0.2) is 18.2 Å². The molecule has 1 aromatic carbocycles. The van der Waals surface area contributed by atoms with Gasteiger partial charge in [0.05, 0.1) is 5.41 Å². The summed E-state index contributed by atoms with van der Waals surface area (Å²) in [6, 6.07) is 8.23. The third-order valence-electron chi connectivity index (χ3n) is 7.47. The maximum Gasteiger partial charge on any atom is 0.234 e. The first-order chi connectivity index (χ1) is 10.8. The summed E-state index contributed by atoms with van der Waals surface area (Å²) in [5, 5.41) is 0. The summed E-state index contributed by atoms with van der Waals surface area (Å²) in [5.74, 6) is 0.469. The van der Waals surface area contributed by atoms with Crippen molar-refractivity contribution in [3.8, 4) is 0 Å². The van der Waals surface area contributed by atoms with E-state index in [1.54, 1.807) is 0 Å². The molecule has 0 radical (unpaired) electrons. The van der Waals surface area contributed by atoms with E-state index in [0.717, 1.165) is 37.9 Å². The van der Waals surface area contributed by atoms with Crippen LogP contribution < -0.4 is 4.90 Å². The number of rotatable bonds is 1. The molecule has 0 aromatic heterocycles. The van der Waals surface area contributed by atoms with E-state index in [0.29, 0.717) is 6.42 Å². The van der Waals surface area contributed by atoms with Crippen molar-refractivity contribution in [2.24, 2.45) is 16.2 Å². The fourth-order valence-electron chi connectivity index (χ4n) is 5.34. The first-order valence-electron chi connectivity index (χ1n) is 8.77. The van der Waals surface area contributed by atoms with Gasteiger partial charge in [0.1, 0.15) is 5.78 Å². The van der Waals surface area contributed by atoms with Crippen molar-refractivity contribution in [1.29, 1.82) is 0 Å². The van der Waals surface area contributed by atoms with Crippen LogP contribution in [0.3, 0.4) is 0 Å². The average molecular weight is 311 g/mol. The number of nitrogens with zero attached hydrogens (tertiary/aromatic N) is 1. The van der Waals surface area contributed by atoms with Crippen molar-refractivity contribution in [2.75, 3.05) is 11.4 Å². The molecular formula is C20H25NO2. The fraction of sp³-hybridized carbons (Fsp3) is 0.600. The summed E-state index contributed by atoms with van der Waals surface area (Å²) in [6.45, 7) is 7.12. The molecular weight excluding hydrogens is 286 g/mol. The lowest BCUT2D eigenvalue weighted by Gasteiger charge is -2.43. The molecule has 3 heteroatoms. The standard InChI is InChI=1S/C20H25NO2/c1-18(2)19(3)10-11-20(18,13-16(19)22)17(23)21-12-6-8-14-7-4-5-9-15(14)21/h4-5,7,9H,6,8,10-13H2,1-3H3/t19-,20-/m0/s1. The van der Waals surface area contributed by atoms with E-state index in [1.165, 1.54) is 5.56 Å². The molecule has 2 fully saturated rings. The lowest BCUT2D eigenvalue weighted by atomic mass is 9.64. The molecule has 1 heterocycles. The van der Waals surface area contributed by atoms with E-state index in [-0.39, 0.29) is 22.5 Å². The van der Waals surface area contributed by atoms with Crippen LogP contribution in [0.15, 0.2) is 24.3 Å². The Morgan fingerprint density at radius 1 is 1.13 bits per heavy atom. The van der Waals surface area contributed by atoms with Crippen molar-refractivity contribution in [3.63, 3.8) is 0 Å². The lowest BCUT2D eigenvalue weighted by Crippen LogP contribution is -2.50. The number of anilines is 1. The number of benzene rings is 1. The number of hydrogen-bond donors (Lipinski definition) is 0. The first-order valence-corrected chi connectivity index (χ1v) is 8.77. The molecule has 1 aromatic rings. The highest BCUT2D eigenvalue weighted by molar-refractivity contribution is 6.06. The molecule has 3 nitrogen and oxygen atoms in total. The number of carbonyl (C=O) groups is 2. The molecule has 1 amide bonds. The predicted molar refractivity (Wildman–Crippen MR) is 90.3 cm³/mol. The molecule has 4 rings (SSSR count). The van der Waals surface area contributed by atoms with Gasteiger partial charge in [0.25, 0.3) is 0 Å². The fourth-order valence-corrected chi connectivity index (χ4v) is 5.34. The zero-order valence-corrected chi connectivity index (χ0v) is 14.3. The quantitative estimate of drug-likeness (QED) is 0.792. The van der Waals surface area contributed by atoms with E-state index >= 15 is 0 Å². The highest BCUT2D eigenvalue weighted by atomic mass is 16.2. The summed E-state index contributed by atoms with van der Waals surface area (Å²) in [6.07, 6.45) is 4.16. The van der Waals surface area contributed by atoms with Gasteiger partial charge in [-0.25, -0.2) is 0 Å². The molecule has 0 spiro atoms. The van der Waals surface area contributed by atoms with Crippen molar-refractivity contribution in [1.82, 2.24) is 0 Å². The first kappa shape index (κ1) is 14.9. The Bertz CT molecular complexity index is 707. The summed E-state index contributed by atoms with van der Waals surface area (Å²) < 4.78 is 0. The zero-order valence-electron chi connectivity index (χ0n) is 14.3. The molecule has 0 saturated heterocycles. The second-order valence-electron chi connectivity index (χ2n) is 8.33. The second kappa shape index (κ2) is 4.46. The Morgan fingerprint density at radius 3 is 2.52 bits per heavy atom. The zero-order chi connectivity index (χ0) is 16.5. The van der Waals surface area contributed by atoms with Crippen LogP contribution in [0.25, 0.3) is 0 Å². The van der Waals surface area contributed by atoms with Gasteiger partial charge >= 0.3 is 0 Å². The predicted octanol–water partition coefficient (Wildman–Crippen LogP) is 3.75. The van der Waals surface area contributed by atoms with E-state index < -0.39 is 5.41 Å². The van der Waals surface area contributed by atoms with E-state index in [9.17, 15) is 9.59 Å². The minimum atomic E-state index is -0.511. The third-order valence-corrected chi connectivity index (χ3v) is 7.47. The number of ketones is 1. The Balaban J connectivity index is 1.78. The number of hydrogen-bond acceptors (Lipinski definition) is 2. The number of aryl methyl sites for hydroxylation is 1. The van der Waals surface area contributed by atoms with Gasteiger partial charge in [-0.05, 0) is 42.7 Å². The summed E-state index contributed by atoms with van der Waals surface area (Å²) in [4.78, 5) is 28.2. The maximum atomic E-state index is 13.6. The Hall–Kier alpha value is -1.64. The van der Waals surface area contributed by atoms with Crippen molar-refractivity contribution < 1.29 is 9.59 Å². The van der Waals surface area contributed by atoms with Gasteiger partial charge < -0.3 is 4.90 Å². The smallest absolute Gasteiger partial charge is 0.234 e. The molecule has 3 aliphatic rings. The van der Waals surface area contributed by atoms with Crippen LogP contribution >= 0.6 is 0 Å². The Kier molecular flexibility index (Phi) is 2.89. The molecule has 2 atom stereocenters. The number of fused-ring (bicyclic) bond motifs is 3. The van der Waals surface area contributed by atoms with Crippen LogP contribution in [0.4, 0.5) is 5.69 Å². The topological polar surface area (TPSA) is 37.4 Å². The molecule has 0 unspecified atom stereocenters. The summed E-state index contributed by atoms with van der Waals surface area (Å²) in [7, 11) is 0. The second-order valence-corrected chi connectivity index (χ2v) is 8.33. The minimum absolute atomic E-state index is 0.184. The van der Waals surface area contributed by atoms with Gasteiger partial charge in [0.15, 0.2) is 0 Å². The van der Waals surface area contributed by atoms with Crippen molar-refractivity contribution in [2.45, 2.75) is 52.9 Å². The van der Waals surface area contributed by atoms with Crippen molar-refractivity contribution >= 4 is 17.4 Å². The van der Waals surface area contributed by atoms with E-state index in [2.05, 4.69) is 32.9 Å². The van der Waals surface area contributed by atoms with Gasteiger partial charge in [-0.2, -0.15) is 0 Å². The summed E-state index contributed by atoms with van der Waals surface area (Å²) >= 11 is 0. The Labute approximate surface area is 138 Å². The molecule has 2 aliphatic carbocycles. The monoisotopic (exact) mass is 311 g/mol. The normalized spacial score (nSPS) is 34.6. The van der Waals surface area contributed by atoms with Gasteiger partial charge in [0.2, 0.25) is 5.91 Å². The molecule has 1 aliphatic heterocycles. The third kappa shape index (κ3) is 1.61. The molecule has 2 saturated carbocycles. The van der Waals surface area contributed by atoms with Crippen LogP contribution in [0.2, 0.25) is 0 Å². The molecule has 23 heavy (non-hydrogen) atoms. The van der Waals surface area contributed by atoms with Gasteiger partial charge in [-0.15, -0.1) is 0 Å². The van der Waals surface area contributed by atoms with E-state index in [4.69, 9.17) is 0 Å². The van der Waals surface area contributed by atoms with E-state index in [1.807, 2.05) is 17.0 Å². The molecule has 2 bridgehead atoms. The van der Waals surface area contributed by atoms with Crippen LogP contribution in [-0.2, 0) is 16.0 Å². The van der Waals surface area contributed by atoms with Gasteiger partial charge in [-0.1, -0.05) is 39.0 Å². The number of para-hydroxylation sites is 1. The number of carbonyl (C=O) groups excluding carboxylic acids is 2. The van der Waals surface area contributed by atoms with Crippen LogP contribution in [0.1, 0.15) is 52.0 Å². The molecule has 0 N–H and O–H groups in total. The largest absolute Gasteiger partial charge is 0.312 e. The van der Waals surface area contributed by atoms with Crippen LogP contribution in [0.5, 0.6) is 0 Å². The highest BCUT2D eigenvalue weighted by Gasteiger charge is 2.73. The average Bonchev–Trinajstić information content (AvgIpc) is 2.84.